The summed E-state index contributed by atoms with van der Waals surface area (Å²) in [6.45, 7) is 0. The van der Waals surface area contributed by atoms with Crippen molar-refractivity contribution in [2.45, 2.75) is 0 Å². The average molecular weight is 530 g/mol. The Kier molecular flexibility index (Phi) is 6.92. The van der Waals surface area contributed by atoms with Crippen LogP contribution in [0.1, 0.15) is 15.9 Å². The van der Waals surface area contributed by atoms with Gasteiger partial charge < -0.3 is 5.73 Å². The largest absolute Gasteiger partial charge is 0.398 e. The molecule has 174 valence electrons. The molecular weight excluding hydrogens is 506 g/mol. The quantitative estimate of drug-likeness (QED) is 0.183. The second-order valence-electron chi connectivity index (χ2n) is 8.46. The Bertz CT molecular complexity index is 1540. The Morgan fingerprint density at radius 1 is 0.500 bits per heavy atom. The van der Waals surface area contributed by atoms with Crippen molar-refractivity contribution in [1.82, 2.24) is 0 Å². The number of hydrogen-bond acceptors (Lipinski definition) is 2. The van der Waals surface area contributed by atoms with Gasteiger partial charge in [0.1, 0.15) is 0 Å². The minimum atomic E-state index is 0.0752. The number of carbonyl (C=O) groups is 1. The van der Waals surface area contributed by atoms with Crippen molar-refractivity contribution < 1.29 is 4.79 Å². The van der Waals surface area contributed by atoms with Crippen molar-refractivity contribution in [3.8, 4) is 11.1 Å². The lowest BCUT2D eigenvalue weighted by molar-refractivity contribution is 0.103. The summed E-state index contributed by atoms with van der Waals surface area (Å²) >= 11 is 3.72. The number of hydrogen-bond donors (Lipinski definition) is 1. The first kappa shape index (κ1) is 23.5. The van der Waals surface area contributed by atoms with Crippen LogP contribution in [-0.2, 0) is 0 Å². The summed E-state index contributed by atoms with van der Waals surface area (Å²) < 4.78 is 1.06. The van der Waals surface area contributed by atoms with Gasteiger partial charge in [0.05, 0.1) is 0 Å². The van der Waals surface area contributed by atoms with Gasteiger partial charge in [-0.05, 0) is 33.7 Å². The van der Waals surface area contributed by atoms with Crippen molar-refractivity contribution in [2.24, 2.45) is 0 Å². The lowest BCUT2D eigenvalue weighted by Crippen LogP contribution is -1.99. The zero-order chi connectivity index (χ0) is 24.9. The molecule has 0 aliphatic rings. The van der Waals surface area contributed by atoms with Crippen LogP contribution in [0.15, 0.2) is 138 Å². The summed E-state index contributed by atoms with van der Waals surface area (Å²) in [4.78, 5) is 11.8. The normalized spacial score (nSPS) is 10.6. The van der Waals surface area contributed by atoms with Crippen LogP contribution in [0.3, 0.4) is 0 Å². The van der Waals surface area contributed by atoms with Crippen LogP contribution < -0.4 is 5.73 Å². The number of benzene rings is 6. The number of nitrogen functional groups attached to an aromatic ring is 1. The highest BCUT2D eigenvalue weighted by atomic mass is 79.9. The molecule has 3 heteroatoms. The van der Waals surface area contributed by atoms with Gasteiger partial charge in [0.2, 0.25) is 0 Å². The molecule has 0 saturated heterocycles. The number of halogens is 1. The zero-order valence-corrected chi connectivity index (χ0v) is 21.2. The Hall–Kier alpha value is -4.21. The number of fused-ring (bicyclic) bond motifs is 2. The lowest BCUT2D eigenvalue weighted by Gasteiger charge is -2.15. The van der Waals surface area contributed by atoms with Crippen molar-refractivity contribution in [3.05, 3.63) is 149 Å². The van der Waals surface area contributed by atoms with E-state index in [0.29, 0.717) is 0 Å². The van der Waals surface area contributed by atoms with E-state index >= 15 is 0 Å². The number of carbonyl (C=O) groups excluding carboxylic acids is 1. The highest BCUT2D eigenvalue weighted by molar-refractivity contribution is 9.10. The monoisotopic (exact) mass is 529 g/mol. The number of nitrogens with two attached hydrogens (primary N) is 1. The fraction of sp³-hybridized carbons (Fsp3) is 0. The van der Waals surface area contributed by atoms with E-state index in [0.717, 1.165) is 32.4 Å². The lowest BCUT2D eigenvalue weighted by atomic mass is 9.92. The van der Waals surface area contributed by atoms with Gasteiger partial charge in [0.25, 0.3) is 0 Å². The molecule has 0 atom stereocenters. The SMILES string of the molecule is Nc1ccc2ccccc2c1-c1c(Br)ccc2ccccc12.O=C(c1ccccc1)c1ccccc1. The summed E-state index contributed by atoms with van der Waals surface area (Å²) in [6.07, 6.45) is 0. The summed E-state index contributed by atoms with van der Waals surface area (Å²) in [6, 6.07) is 43.7. The third-order valence-corrected chi connectivity index (χ3v) is 6.82. The van der Waals surface area contributed by atoms with E-state index in [1.165, 1.54) is 21.5 Å². The minimum Gasteiger partial charge on any atom is -0.398 e. The standard InChI is InChI=1S/C20H14BrN.C13H10O/c21-17-11-9-13-5-1-3-7-15(13)19(17)20-16-8-4-2-6-14(16)10-12-18(20)22;14-13(11-7-3-1-4-8-11)12-9-5-2-6-10-12/h1-12H,22H2;1-10H. The van der Waals surface area contributed by atoms with Gasteiger partial charge in [-0.1, -0.05) is 137 Å². The highest BCUT2D eigenvalue weighted by Gasteiger charge is 2.14. The first-order valence-corrected chi connectivity index (χ1v) is 12.5. The maximum Gasteiger partial charge on any atom is 0.193 e. The van der Waals surface area contributed by atoms with E-state index in [2.05, 4.69) is 82.7 Å². The summed E-state index contributed by atoms with van der Waals surface area (Å²) in [5.74, 6) is 0.0752. The predicted octanol–water partition coefficient (Wildman–Crippen LogP) is 8.92. The molecule has 2 N–H and O–H groups in total. The molecule has 0 fully saturated rings. The number of ketones is 1. The molecule has 0 saturated carbocycles. The fourth-order valence-corrected chi connectivity index (χ4v) is 4.96. The first-order valence-electron chi connectivity index (χ1n) is 11.7. The van der Waals surface area contributed by atoms with E-state index in [-0.39, 0.29) is 5.78 Å². The Balaban J connectivity index is 0.000000165. The van der Waals surface area contributed by atoms with Crippen molar-refractivity contribution in [1.29, 1.82) is 0 Å². The molecular formula is C33H24BrNO. The van der Waals surface area contributed by atoms with Gasteiger partial charge in [-0.15, -0.1) is 0 Å². The average Bonchev–Trinajstić information content (AvgIpc) is 2.94. The van der Waals surface area contributed by atoms with Crippen molar-refractivity contribution in [3.63, 3.8) is 0 Å². The second-order valence-corrected chi connectivity index (χ2v) is 9.31. The van der Waals surface area contributed by atoms with E-state index in [9.17, 15) is 4.79 Å². The molecule has 0 bridgehead atoms. The van der Waals surface area contributed by atoms with E-state index in [1.807, 2.05) is 66.7 Å². The molecule has 0 unspecified atom stereocenters. The number of anilines is 1. The van der Waals surface area contributed by atoms with Gasteiger partial charge in [-0.25, -0.2) is 0 Å². The van der Waals surface area contributed by atoms with Gasteiger partial charge in [-0.3, -0.25) is 4.79 Å². The zero-order valence-electron chi connectivity index (χ0n) is 19.6. The van der Waals surface area contributed by atoms with Gasteiger partial charge in [0, 0.05) is 32.4 Å². The third kappa shape index (κ3) is 4.79. The molecule has 0 spiro atoms. The maximum absolute atomic E-state index is 11.8. The third-order valence-electron chi connectivity index (χ3n) is 6.16. The fourth-order valence-electron chi connectivity index (χ4n) is 4.41. The Labute approximate surface area is 219 Å². The van der Waals surface area contributed by atoms with Crippen molar-refractivity contribution >= 4 is 48.9 Å². The van der Waals surface area contributed by atoms with Crippen molar-refractivity contribution in [2.75, 3.05) is 5.73 Å². The van der Waals surface area contributed by atoms with Crippen LogP contribution in [0, 0.1) is 0 Å². The van der Waals surface area contributed by atoms with Gasteiger partial charge in [0.15, 0.2) is 5.78 Å². The maximum atomic E-state index is 11.8. The topological polar surface area (TPSA) is 43.1 Å². The van der Waals surface area contributed by atoms with Crippen LogP contribution >= 0.6 is 15.9 Å². The molecule has 36 heavy (non-hydrogen) atoms. The van der Waals surface area contributed by atoms with Crippen LogP contribution in [-0.4, -0.2) is 5.78 Å². The van der Waals surface area contributed by atoms with E-state index in [4.69, 9.17) is 5.73 Å². The molecule has 0 aliphatic heterocycles. The molecule has 0 amide bonds. The van der Waals surface area contributed by atoms with Gasteiger partial charge >= 0.3 is 0 Å². The smallest absolute Gasteiger partial charge is 0.193 e. The molecule has 0 heterocycles. The highest BCUT2D eigenvalue weighted by Crippen LogP contribution is 2.42. The van der Waals surface area contributed by atoms with Crippen LogP contribution in [0.25, 0.3) is 32.7 Å². The Morgan fingerprint density at radius 2 is 0.944 bits per heavy atom. The molecule has 2 nitrogen and oxygen atoms in total. The van der Waals surface area contributed by atoms with E-state index in [1.54, 1.807) is 0 Å². The molecule has 6 aromatic rings. The molecule has 0 aromatic heterocycles. The van der Waals surface area contributed by atoms with E-state index < -0.39 is 0 Å². The molecule has 0 radical (unpaired) electrons. The molecule has 6 rings (SSSR count). The first-order chi connectivity index (χ1) is 17.6. The summed E-state index contributed by atoms with van der Waals surface area (Å²) in [5.41, 5.74) is 10.9. The van der Waals surface area contributed by atoms with Crippen LogP contribution in [0.5, 0.6) is 0 Å². The predicted molar refractivity (Wildman–Crippen MR) is 155 cm³/mol. The molecule has 0 aliphatic carbocycles. The number of rotatable bonds is 3. The summed E-state index contributed by atoms with van der Waals surface area (Å²) in [5, 5.41) is 4.80. The van der Waals surface area contributed by atoms with Crippen LogP contribution in [0.2, 0.25) is 0 Å². The second kappa shape index (κ2) is 10.6. The van der Waals surface area contributed by atoms with Gasteiger partial charge in [-0.2, -0.15) is 0 Å². The summed E-state index contributed by atoms with van der Waals surface area (Å²) in [7, 11) is 0. The minimum absolute atomic E-state index is 0.0752. The Morgan fingerprint density at radius 3 is 1.50 bits per heavy atom. The van der Waals surface area contributed by atoms with Crippen LogP contribution in [0.4, 0.5) is 5.69 Å². The molecule has 6 aromatic carbocycles.